The van der Waals surface area contributed by atoms with Gasteiger partial charge >= 0.3 is 0 Å². The van der Waals surface area contributed by atoms with Crippen LogP contribution in [0.15, 0.2) is 0 Å². The largest absolute Gasteiger partial charge is 0.396 e. The fourth-order valence-corrected chi connectivity index (χ4v) is 2.07. The van der Waals surface area contributed by atoms with Crippen LogP contribution in [0, 0.1) is 0 Å². The maximum absolute atomic E-state index is 11.5. The van der Waals surface area contributed by atoms with Crippen LogP contribution in [-0.2, 0) is 4.79 Å². The van der Waals surface area contributed by atoms with Crippen molar-refractivity contribution in [3.63, 3.8) is 0 Å². The summed E-state index contributed by atoms with van der Waals surface area (Å²) >= 11 is 0. The van der Waals surface area contributed by atoms with E-state index in [2.05, 4.69) is 9.80 Å². The van der Waals surface area contributed by atoms with Gasteiger partial charge in [-0.2, -0.15) is 0 Å². The van der Waals surface area contributed by atoms with Crippen molar-refractivity contribution in [2.24, 2.45) is 0 Å². The van der Waals surface area contributed by atoms with E-state index >= 15 is 0 Å². The smallest absolute Gasteiger partial charge is 0.146 e. The van der Waals surface area contributed by atoms with Crippen molar-refractivity contribution in [3.8, 4) is 0 Å². The molecule has 1 fully saturated rings. The molecule has 1 aliphatic rings. The Morgan fingerprint density at radius 2 is 1.81 bits per heavy atom. The molecule has 0 bridgehead atoms. The molecule has 0 aliphatic carbocycles. The number of piperazine rings is 1. The van der Waals surface area contributed by atoms with Gasteiger partial charge in [-0.15, -0.1) is 0 Å². The third-order valence-corrected chi connectivity index (χ3v) is 3.03. The number of nitrogens with zero attached hydrogens (tertiary/aromatic N) is 2. The van der Waals surface area contributed by atoms with Gasteiger partial charge in [0.2, 0.25) is 0 Å². The number of Topliss-reactive ketones (excluding diaryl/α,β-unsaturated/α-hetero) is 1. The first kappa shape index (κ1) is 13.6. The van der Waals surface area contributed by atoms with Crippen molar-refractivity contribution in [1.82, 2.24) is 9.80 Å². The number of ketones is 1. The van der Waals surface area contributed by atoms with Crippen molar-refractivity contribution >= 4 is 5.78 Å². The van der Waals surface area contributed by atoms with E-state index in [9.17, 15) is 4.79 Å². The molecule has 0 saturated carbocycles. The van der Waals surface area contributed by atoms with Crippen molar-refractivity contribution in [2.75, 3.05) is 45.9 Å². The zero-order valence-electron chi connectivity index (χ0n) is 10.3. The van der Waals surface area contributed by atoms with Crippen LogP contribution >= 0.6 is 0 Å². The van der Waals surface area contributed by atoms with Gasteiger partial charge in [-0.05, 0) is 12.8 Å². The molecule has 4 nitrogen and oxygen atoms in total. The fraction of sp³-hybridized carbons (Fsp3) is 0.917. The average Bonchev–Trinajstić information content (AvgIpc) is 2.28. The summed E-state index contributed by atoms with van der Waals surface area (Å²) in [5.74, 6) is 0.367. The van der Waals surface area contributed by atoms with E-state index < -0.39 is 0 Å². The Morgan fingerprint density at radius 1 is 1.19 bits per heavy atom. The van der Waals surface area contributed by atoms with E-state index in [1.807, 2.05) is 6.92 Å². The Morgan fingerprint density at radius 3 is 2.38 bits per heavy atom. The van der Waals surface area contributed by atoms with Crippen LogP contribution in [0.4, 0.5) is 0 Å². The van der Waals surface area contributed by atoms with Crippen LogP contribution in [0.2, 0.25) is 0 Å². The molecule has 1 heterocycles. The molecule has 16 heavy (non-hydrogen) atoms. The fourth-order valence-electron chi connectivity index (χ4n) is 2.07. The zero-order chi connectivity index (χ0) is 11.8. The highest BCUT2D eigenvalue weighted by Gasteiger charge is 2.17. The quantitative estimate of drug-likeness (QED) is 0.683. The molecule has 0 aromatic carbocycles. The van der Waals surface area contributed by atoms with Crippen molar-refractivity contribution < 1.29 is 9.90 Å². The number of rotatable bonds is 7. The second-order valence-corrected chi connectivity index (χ2v) is 4.48. The number of carbonyl (C=O) groups excluding carboxylic acids is 1. The standard InChI is InChI=1S/C12H24N2O2/c1-2-4-12(16)11-14-8-6-13(7-9-14)5-3-10-15/h15H,2-11H2,1H3. The summed E-state index contributed by atoms with van der Waals surface area (Å²) in [7, 11) is 0. The van der Waals surface area contributed by atoms with Gasteiger partial charge in [-0.3, -0.25) is 9.69 Å². The Labute approximate surface area is 98.2 Å². The molecule has 1 rings (SSSR count). The first-order valence-electron chi connectivity index (χ1n) is 6.33. The molecule has 0 radical (unpaired) electrons. The van der Waals surface area contributed by atoms with Crippen LogP contribution in [0.1, 0.15) is 26.2 Å². The minimum atomic E-state index is 0.273. The lowest BCUT2D eigenvalue weighted by molar-refractivity contribution is -0.120. The lowest BCUT2D eigenvalue weighted by atomic mass is 10.2. The van der Waals surface area contributed by atoms with Gasteiger partial charge in [0.05, 0.1) is 6.54 Å². The molecule has 0 amide bonds. The van der Waals surface area contributed by atoms with E-state index in [1.165, 1.54) is 0 Å². The summed E-state index contributed by atoms with van der Waals surface area (Å²) in [6.45, 7) is 7.95. The molecular weight excluding hydrogens is 204 g/mol. The Hall–Kier alpha value is -0.450. The lowest BCUT2D eigenvalue weighted by Gasteiger charge is -2.34. The minimum Gasteiger partial charge on any atom is -0.396 e. The van der Waals surface area contributed by atoms with Gasteiger partial charge in [-0.1, -0.05) is 6.92 Å². The van der Waals surface area contributed by atoms with Gasteiger partial charge in [0.25, 0.3) is 0 Å². The highest BCUT2D eigenvalue weighted by Crippen LogP contribution is 2.03. The molecule has 1 N–H and O–H groups in total. The van der Waals surface area contributed by atoms with E-state index in [-0.39, 0.29) is 6.61 Å². The van der Waals surface area contributed by atoms with Crippen LogP contribution in [0.25, 0.3) is 0 Å². The third kappa shape index (κ3) is 5.05. The predicted octanol–water partition coefficient (Wildman–Crippen LogP) is 0.356. The first-order chi connectivity index (χ1) is 7.76. The highest BCUT2D eigenvalue weighted by atomic mass is 16.3. The first-order valence-corrected chi connectivity index (χ1v) is 6.33. The molecule has 0 aromatic rings. The molecule has 0 aromatic heterocycles. The van der Waals surface area contributed by atoms with Crippen LogP contribution < -0.4 is 0 Å². The normalized spacial score (nSPS) is 18.9. The van der Waals surface area contributed by atoms with Crippen LogP contribution in [-0.4, -0.2) is 66.6 Å². The topological polar surface area (TPSA) is 43.8 Å². The van der Waals surface area contributed by atoms with Crippen LogP contribution in [0.5, 0.6) is 0 Å². The summed E-state index contributed by atoms with van der Waals surface area (Å²) < 4.78 is 0. The third-order valence-electron chi connectivity index (χ3n) is 3.03. The summed E-state index contributed by atoms with van der Waals surface area (Å²) in [5, 5.41) is 8.75. The molecule has 0 unspecified atom stereocenters. The summed E-state index contributed by atoms with van der Waals surface area (Å²) in [6, 6.07) is 0. The molecule has 0 spiro atoms. The van der Waals surface area contributed by atoms with Crippen LogP contribution in [0.3, 0.4) is 0 Å². The molecule has 0 atom stereocenters. The van der Waals surface area contributed by atoms with E-state index in [0.29, 0.717) is 18.7 Å². The Bertz CT molecular complexity index is 201. The van der Waals surface area contributed by atoms with E-state index in [4.69, 9.17) is 5.11 Å². The van der Waals surface area contributed by atoms with Gasteiger partial charge in [0.1, 0.15) is 5.78 Å². The molecule has 4 heteroatoms. The van der Waals surface area contributed by atoms with Gasteiger partial charge in [-0.25, -0.2) is 0 Å². The van der Waals surface area contributed by atoms with Crippen molar-refractivity contribution in [1.29, 1.82) is 0 Å². The number of aliphatic hydroxyl groups excluding tert-OH is 1. The highest BCUT2D eigenvalue weighted by molar-refractivity contribution is 5.80. The average molecular weight is 228 g/mol. The second kappa shape index (κ2) is 7.76. The molecular formula is C12H24N2O2. The number of hydrogen-bond acceptors (Lipinski definition) is 4. The maximum atomic E-state index is 11.5. The Balaban J connectivity index is 2.14. The minimum absolute atomic E-state index is 0.273. The SMILES string of the molecule is CCCC(=O)CN1CCN(CCCO)CC1. The summed E-state index contributed by atoms with van der Waals surface area (Å²) in [5.41, 5.74) is 0. The summed E-state index contributed by atoms with van der Waals surface area (Å²) in [6.07, 6.45) is 2.52. The van der Waals surface area contributed by atoms with Gasteiger partial charge in [0, 0.05) is 45.8 Å². The zero-order valence-corrected chi connectivity index (χ0v) is 10.3. The molecule has 1 saturated heterocycles. The number of hydrogen-bond donors (Lipinski definition) is 1. The molecule has 94 valence electrons. The van der Waals surface area contributed by atoms with Gasteiger partial charge < -0.3 is 10.0 Å². The number of carbonyl (C=O) groups is 1. The molecule has 1 aliphatic heterocycles. The lowest BCUT2D eigenvalue weighted by Crippen LogP contribution is -2.48. The van der Waals surface area contributed by atoms with Gasteiger partial charge in [0.15, 0.2) is 0 Å². The van der Waals surface area contributed by atoms with Crippen molar-refractivity contribution in [2.45, 2.75) is 26.2 Å². The monoisotopic (exact) mass is 228 g/mol. The summed E-state index contributed by atoms with van der Waals surface area (Å²) in [4.78, 5) is 16.1. The van der Waals surface area contributed by atoms with Crippen molar-refractivity contribution in [3.05, 3.63) is 0 Å². The maximum Gasteiger partial charge on any atom is 0.146 e. The van der Waals surface area contributed by atoms with E-state index in [1.54, 1.807) is 0 Å². The Kier molecular flexibility index (Phi) is 6.61. The second-order valence-electron chi connectivity index (χ2n) is 4.48. The predicted molar refractivity (Wildman–Crippen MR) is 64.5 cm³/mol. The number of aliphatic hydroxyl groups is 1. The van der Waals surface area contributed by atoms with E-state index in [0.717, 1.165) is 45.6 Å².